The van der Waals surface area contributed by atoms with E-state index in [0.717, 1.165) is 41.3 Å². The van der Waals surface area contributed by atoms with E-state index in [4.69, 9.17) is 11.6 Å². The van der Waals surface area contributed by atoms with Gasteiger partial charge in [-0.05, 0) is 69.7 Å². The Labute approximate surface area is 291 Å². The largest absolute Gasteiger partial charge is 0.478 e. The van der Waals surface area contributed by atoms with Crippen LogP contribution in [-0.4, -0.2) is 66.7 Å². The Morgan fingerprint density at radius 3 is 2.76 bits per heavy atom. The lowest BCUT2D eigenvalue weighted by Crippen LogP contribution is -2.51. The quantitative estimate of drug-likeness (QED) is 0.206. The van der Waals surface area contributed by atoms with Crippen LogP contribution in [0.2, 0.25) is 5.02 Å². The lowest BCUT2D eigenvalue weighted by molar-refractivity contribution is 0.0699. The number of hydrogen-bond donors (Lipinski definition) is 1. The summed E-state index contributed by atoms with van der Waals surface area (Å²) in [4.78, 5) is 44.3. The van der Waals surface area contributed by atoms with Gasteiger partial charge in [0.2, 0.25) is 0 Å². The molecule has 12 heteroatoms. The van der Waals surface area contributed by atoms with Crippen LogP contribution < -0.4 is 10.5 Å². The number of aromatic carboxylic acids is 1. The van der Waals surface area contributed by atoms with E-state index in [1.165, 1.54) is 41.6 Å². The minimum Gasteiger partial charge on any atom is -0.478 e. The highest BCUT2D eigenvalue weighted by atomic mass is 35.5. The van der Waals surface area contributed by atoms with Gasteiger partial charge in [-0.3, -0.25) is 19.2 Å². The summed E-state index contributed by atoms with van der Waals surface area (Å²) in [5, 5.41) is 22.4. The van der Waals surface area contributed by atoms with Crippen LogP contribution in [0.15, 0.2) is 46.8 Å². The number of thiophene rings is 1. The molecule has 1 spiro atoms. The number of nitriles is 1. The maximum absolute atomic E-state index is 14.1. The van der Waals surface area contributed by atoms with Gasteiger partial charge < -0.3 is 10.0 Å². The van der Waals surface area contributed by atoms with E-state index < -0.39 is 5.97 Å². The molecule has 5 heterocycles. The summed E-state index contributed by atoms with van der Waals surface area (Å²) in [6.45, 7) is 2.85. The summed E-state index contributed by atoms with van der Waals surface area (Å²) in [5.41, 5.74) is 3.28. The SMILES string of the molecule is Cc1nc2cnc(N(C)C3CCN(C4CC4)C4(CC4)C3)c(C#N)c2c(=O)n1CC#Cc1ccc(Cl)cc1-c1ccnc2c(C(=O)O)csc12. The van der Waals surface area contributed by atoms with Gasteiger partial charge in [-0.1, -0.05) is 23.4 Å². The molecule has 1 saturated heterocycles. The Balaban J connectivity index is 1.13. The monoisotopic (exact) mass is 689 g/mol. The van der Waals surface area contributed by atoms with Crippen molar-refractivity contribution < 1.29 is 9.90 Å². The van der Waals surface area contributed by atoms with Crippen LogP contribution in [0.5, 0.6) is 0 Å². The van der Waals surface area contributed by atoms with Crippen molar-refractivity contribution in [2.24, 2.45) is 0 Å². The number of carboxylic acid groups (broad SMARTS) is 1. The molecular formula is C37H32ClN7O3S. The summed E-state index contributed by atoms with van der Waals surface area (Å²) in [5.74, 6) is 6.28. The number of carbonyl (C=O) groups is 1. The van der Waals surface area contributed by atoms with Crippen molar-refractivity contribution in [2.75, 3.05) is 18.5 Å². The molecule has 5 aromatic rings. The van der Waals surface area contributed by atoms with E-state index in [1.54, 1.807) is 42.9 Å². The molecular weight excluding hydrogens is 658 g/mol. The molecule has 8 rings (SSSR count). The molecule has 0 amide bonds. The molecule has 3 aliphatic rings. The summed E-state index contributed by atoms with van der Waals surface area (Å²) in [7, 11) is 1.99. The average Bonchev–Trinajstić information content (AvgIpc) is 4.03. The van der Waals surface area contributed by atoms with Crippen molar-refractivity contribution in [1.29, 1.82) is 5.26 Å². The number of likely N-dealkylation sites (tertiary alicyclic amines) is 1. The normalized spacial score (nSPS) is 18.3. The molecule has 1 aromatic carbocycles. The number of rotatable bonds is 6. The van der Waals surface area contributed by atoms with E-state index in [2.05, 4.69) is 42.7 Å². The van der Waals surface area contributed by atoms with Gasteiger partial charge in [0, 0.05) is 64.5 Å². The number of nitrogens with zero attached hydrogens (tertiary/aromatic N) is 7. The number of hydrogen-bond acceptors (Lipinski definition) is 9. The summed E-state index contributed by atoms with van der Waals surface area (Å²) < 4.78 is 2.21. The molecule has 4 aromatic heterocycles. The number of fused-ring (bicyclic) bond motifs is 2. The van der Waals surface area contributed by atoms with Crippen molar-refractivity contribution in [3.8, 4) is 29.0 Å². The van der Waals surface area contributed by atoms with Crippen LogP contribution in [0.1, 0.15) is 65.8 Å². The van der Waals surface area contributed by atoms with Gasteiger partial charge in [0.1, 0.15) is 23.3 Å². The predicted molar refractivity (Wildman–Crippen MR) is 190 cm³/mol. The third-order valence-corrected chi connectivity index (χ3v) is 11.6. The number of halogens is 1. The Hall–Kier alpha value is -4.81. The summed E-state index contributed by atoms with van der Waals surface area (Å²) in [6.07, 6.45) is 10.3. The molecule has 1 aliphatic heterocycles. The molecule has 2 aliphatic carbocycles. The number of aryl methyl sites for hydroxylation is 1. The molecule has 246 valence electrons. The van der Waals surface area contributed by atoms with Gasteiger partial charge in [0.15, 0.2) is 0 Å². The predicted octanol–water partition coefficient (Wildman–Crippen LogP) is 6.25. The number of anilines is 1. The maximum Gasteiger partial charge on any atom is 0.338 e. The molecule has 3 fully saturated rings. The molecule has 1 N–H and O–H groups in total. The van der Waals surface area contributed by atoms with E-state index >= 15 is 0 Å². The number of aromatic nitrogens is 4. The fourth-order valence-corrected chi connectivity index (χ4v) is 8.71. The van der Waals surface area contributed by atoms with Crippen LogP contribution in [0.3, 0.4) is 0 Å². The molecule has 0 bridgehead atoms. The van der Waals surface area contributed by atoms with Gasteiger partial charge >= 0.3 is 5.97 Å². The highest BCUT2D eigenvalue weighted by Gasteiger charge is 2.55. The van der Waals surface area contributed by atoms with Crippen LogP contribution in [0.25, 0.3) is 32.2 Å². The lowest BCUT2D eigenvalue weighted by Gasteiger charge is -2.44. The Kier molecular flexibility index (Phi) is 7.68. The summed E-state index contributed by atoms with van der Waals surface area (Å²) >= 11 is 7.71. The van der Waals surface area contributed by atoms with Gasteiger partial charge in [-0.25, -0.2) is 14.8 Å². The van der Waals surface area contributed by atoms with Crippen LogP contribution in [0, 0.1) is 30.1 Å². The van der Waals surface area contributed by atoms with Gasteiger partial charge in [0.05, 0.1) is 39.4 Å². The highest BCUT2D eigenvalue weighted by molar-refractivity contribution is 7.18. The first-order valence-electron chi connectivity index (χ1n) is 16.4. The van der Waals surface area contributed by atoms with E-state index in [-0.39, 0.29) is 40.2 Å². The molecule has 1 unspecified atom stereocenters. The third kappa shape index (κ3) is 5.43. The number of pyridine rings is 2. The number of carboxylic acids is 1. The van der Waals surface area contributed by atoms with E-state index in [0.29, 0.717) is 33.3 Å². The number of piperidine rings is 1. The zero-order chi connectivity index (χ0) is 34.0. The van der Waals surface area contributed by atoms with E-state index in [9.17, 15) is 20.0 Å². The second-order valence-corrected chi connectivity index (χ2v) is 14.6. The molecule has 1 atom stereocenters. The first-order chi connectivity index (χ1) is 23.7. The van der Waals surface area contributed by atoms with Gasteiger partial charge in [0.25, 0.3) is 5.56 Å². The fourth-order valence-electron chi connectivity index (χ4n) is 7.51. The topological polar surface area (TPSA) is 128 Å². The lowest BCUT2D eigenvalue weighted by atomic mass is 9.93. The Morgan fingerprint density at radius 2 is 2.02 bits per heavy atom. The zero-order valence-electron chi connectivity index (χ0n) is 27.0. The van der Waals surface area contributed by atoms with Gasteiger partial charge in [-0.15, -0.1) is 11.3 Å². The Morgan fingerprint density at radius 1 is 1.20 bits per heavy atom. The van der Waals surface area contributed by atoms with Gasteiger partial charge in [-0.2, -0.15) is 5.26 Å². The second-order valence-electron chi connectivity index (χ2n) is 13.3. The zero-order valence-corrected chi connectivity index (χ0v) is 28.6. The van der Waals surface area contributed by atoms with Crippen molar-refractivity contribution in [2.45, 2.75) is 69.6 Å². The standard InChI is InChI=1S/C37H32ClN7O3S/c1-21-42-30-19-41-34(43(2)25-10-15-45(24-7-8-24)37(17-25)11-12-37)28(18-39)31(30)35(46)44(21)14-3-4-22-5-6-23(38)16-27(22)26-9-13-40-32-29(36(47)48)20-49-33(26)32/h5-6,9,13,16,19-20,24-25H,7-8,10-12,14-15,17H2,1-2H3,(H,47,48). The second kappa shape index (κ2) is 12.0. The van der Waals surface area contributed by atoms with Crippen LogP contribution >= 0.6 is 22.9 Å². The first kappa shape index (κ1) is 31.5. The minimum atomic E-state index is -1.04. The smallest absolute Gasteiger partial charge is 0.338 e. The van der Waals surface area contributed by atoms with E-state index in [1.807, 2.05) is 13.1 Å². The van der Waals surface area contributed by atoms with Crippen LogP contribution in [0.4, 0.5) is 5.82 Å². The summed E-state index contributed by atoms with van der Waals surface area (Å²) in [6, 6.07) is 10.4. The fraction of sp³-hybridized carbons (Fsp3) is 0.351. The van der Waals surface area contributed by atoms with Crippen molar-refractivity contribution in [3.63, 3.8) is 0 Å². The van der Waals surface area contributed by atoms with Crippen molar-refractivity contribution in [1.82, 2.24) is 24.4 Å². The molecule has 49 heavy (non-hydrogen) atoms. The third-order valence-electron chi connectivity index (χ3n) is 10.3. The molecule has 10 nitrogen and oxygen atoms in total. The Bertz CT molecular complexity index is 2360. The highest BCUT2D eigenvalue weighted by Crippen LogP contribution is 2.53. The number of benzene rings is 1. The van der Waals surface area contributed by atoms with Crippen molar-refractivity contribution in [3.05, 3.63) is 79.9 Å². The molecule has 0 radical (unpaired) electrons. The average molecular weight is 690 g/mol. The first-order valence-corrected chi connectivity index (χ1v) is 17.6. The minimum absolute atomic E-state index is 0.0457. The maximum atomic E-state index is 14.1. The molecule has 2 saturated carbocycles. The van der Waals surface area contributed by atoms with Crippen LogP contribution in [-0.2, 0) is 6.54 Å². The van der Waals surface area contributed by atoms with Crippen molar-refractivity contribution >= 4 is 55.8 Å².